The summed E-state index contributed by atoms with van der Waals surface area (Å²) in [6, 6.07) is 0. The molecule has 0 saturated heterocycles. The molecule has 0 nitrogen and oxygen atoms in total. The molecule has 15 heavy (non-hydrogen) atoms. The zero-order valence-corrected chi connectivity index (χ0v) is 10.7. The van der Waals surface area contributed by atoms with Gasteiger partial charge in [-0.1, -0.05) is 38.8 Å². The average Bonchev–Trinajstić information content (AvgIpc) is 2.68. The van der Waals surface area contributed by atoms with E-state index in [0.717, 1.165) is 5.92 Å². The minimum Gasteiger partial charge on any atom is -0.0788 e. The summed E-state index contributed by atoms with van der Waals surface area (Å²) in [5.74, 6) is 0.929. The number of hydrogen-bond acceptors (Lipinski definition) is 0. The lowest BCUT2D eigenvalue weighted by molar-refractivity contribution is 0.0447. The Bertz CT molecular complexity index is 336. The van der Waals surface area contributed by atoms with Crippen LogP contribution < -0.4 is 0 Å². The molecule has 84 valence electrons. The van der Waals surface area contributed by atoms with E-state index in [1.807, 2.05) is 0 Å². The van der Waals surface area contributed by atoms with Gasteiger partial charge in [0, 0.05) is 0 Å². The Balaban J connectivity index is 2.23. The van der Waals surface area contributed by atoms with Gasteiger partial charge in [-0.05, 0) is 54.8 Å². The van der Waals surface area contributed by atoms with Crippen molar-refractivity contribution >= 4 is 0 Å². The maximum atomic E-state index is 2.61. The Morgan fingerprint density at radius 2 is 1.93 bits per heavy atom. The minimum absolute atomic E-state index is 0.457. The molecule has 0 N–H and O–H groups in total. The predicted molar refractivity (Wildman–Crippen MR) is 64.7 cm³/mol. The molecule has 0 unspecified atom stereocenters. The molecular weight excluding hydrogens is 180 g/mol. The van der Waals surface area contributed by atoms with Crippen LogP contribution in [0.1, 0.15) is 59.8 Å². The lowest BCUT2D eigenvalue weighted by Gasteiger charge is -2.46. The topological polar surface area (TPSA) is 0 Å². The highest BCUT2D eigenvalue weighted by molar-refractivity contribution is 5.37. The molecule has 0 aromatic heterocycles. The van der Waals surface area contributed by atoms with Crippen molar-refractivity contribution in [3.05, 3.63) is 11.6 Å². The summed E-state index contributed by atoms with van der Waals surface area (Å²) in [5.41, 5.74) is 3.44. The van der Waals surface area contributed by atoms with Crippen molar-refractivity contribution in [2.75, 3.05) is 0 Å². The first-order chi connectivity index (χ1) is 6.96. The zero-order chi connectivity index (χ0) is 10.9. The maximum Gasteiger partial charge on any atom is -0.0000595 e. The normalized spacial score (nSPS) is 51.5. The summed E-state index contributed by atoms with van der Waals surface area (Å²) in [4.78, 5) is 0. The molecule has 0 aromatic carbocycles. The predicted octanol–water partition coefficient (Wildman–Crippen LogP) is 4.56. The highest BCUT2D eigenvalue weighted by atomic mass is 14.7. The van der Waals surface area contributed by atoms with Crippen LogP contribution in [-0.2, 0) is 0 Å². The first-order valence-electron chi connectivity index (χ1n) is 6.66. The molecule has 0 amide bonds. The summed E-state index contributed by atoms with van der Waals surface area (Å²) < 4.78 is 0. The molecular formula is C15H24. The van der Waals surface area contributed by atoms with E-state index in [-0.39, 0.29) is 0 Å². The lowest BCUT2D eigenvalue weighted by atomic mass is 9.57. The van der Waals surface area contributed by atoms with E-state index >= 15 is 0 Å². The fraction of sp³-hybridized carbons (Fsp3) is 0.867. The quantitative estimate of drug-likeness (QED) is 0.507. The summed E-state index contributed by atoms with van der Waals surface area (Å²) in [6.07, 6.45) is 9.99. The van der Waals surface area contributed by atoms with Crippen LogP contribution in [-0.4, -0.2) is 0 Å². The molecule has 0 spiro atoms. The average molecular weight is 204 g/mol. The number of allylic oxidation sites excluding steroid dienone is 2. The van der Waals surface area contributed by atoms with Crippen LogP contribution in [0.15, 0.2) is 11.6 Å². The first kappa shape index (κ1) is 9.93. The van der Waals surface area contributed by atoms with E-state index in [1.165, 1.54) is 32.1 Å². The highest BCUT2D eigenvalue weighted by Gasteiger charge is 2.69. The number of hydrogen-bond donors (Lipinski definition) is 0. The van der Waals surface area contributed by atoms with Gasteiger partial charge in [0.05, 0.1) is 0 Å². The van der Waals surface area contributed by atoms with Gasteiger partial charge in [0.2, 0.25) is 0 Å². The minimum atomic E-state index is 0.457. The zero-order valence-electron chi connectivity index (χ0n) is 10.7. The third kappa shape index (κ3) is 0.797. The van der Waals surface area contributed by atoms with E-state index in [2.05, 4.69) is 33.8 Å². The monoisotopic (exact) mass is 204 g/mol. The standard InChI is InChI=1S/C15H24/c1-11-6-9-14-7-5-8-15(11,14)12(2)10-13(14,3)4/h10-11H,5-9H2,1-4H3/t11-,14+,15-/m1/s1. The molecule has 3 rings (SSSR count). The van der Waals surface area contributed by atoms with Gasteiger partial charge in [0.25, 0.3) is 0 Å². The van der Waals surface area contributed by atoms with Gasteiger partial charge in [0.15, 0.2) is 0 Å². The summed E-state index contributed by atoms with van der Waals surface area (Å²) in [6.45, 7) is 9.89. The van der Waals surface area contributed by atoms with E-state index in [4.69, 9.17) is 0 Å². The van der Waals surface area contributed by atoms with Crippen LogP contribution in [0.4, 0.5) is 0 Å². The van der Waals surface area contributed by atoms with Crippen molar-refractivity contribution in [2.24, 2.45) is 22.2 Å². The van der Waals surface area contributed by atoms with Crippen molar-refractivity contribution in [2.45, 2.75) is 59.8 Å². The van der Waals surface area contributed by atoms with E-state index in [9.17, 15) is 0 Å². The Hall–Kier alpha value is -0.260. The van der Waals surface area contributed by atoms with E-state index in [1.54, 1.807) is 5.57 Å². The Morgan fingerprint density at radius 3 is 2.60 bits per heavy atom. The van der Waals surface area contributed by atoms with Crippen molar-refractivity contribution in [1.29, 1.82) is 0 Å². The maximum absolute atomic E-state index is 2.61. The second kappa shape index (κ2) is 2.52. The fourth-order valence-electron chi connectivity index (χ4n) is 5.90. The van der Waals surface area contributed by atoms with Gasteiger partial charge in [-0.15, -0.1) is 0 Å². The molecule has 2 fully saturated rings. The van der Waals surface area contributed by atoms with Crippen LogP contribution in [0.25, 0.3) is 0 Å². The molecule has 0 heterocycles. The molecule has 0 bridgehead atoms. The second-order valence-electron chi connectivity index (χ2n) is 6.90. The smallest absolute Gasteiger partial charge is 0.0000595 e. The van der Waals surface area contributed by atoms with E-state index in [0.29, 0.717) is 16.2 Å². The Labute approximate surface area is 94.1 Å². The number of rotatable bonds is 0. The largest absolute Gasteiger partial charge is 0.0788 e. The van der Waals surface area contributed by atoms with Crippen LogP contribution in [0.5, 0.6) is 0 Å². The molecule has 2 saturated carbocycles. The first-order valence-corrected chi connectivity index (χ1v) is 6.66. The van der Waals surface area contributed by atoms with Crippen molar-refractivity contribution in [1.82, 2.24) is 0 Å². The third-order valence-corrected chi connectivity index (χ3v) is 6.39. The summed E-state index contributed by atoms with van der Waals surface area (Å²) in [5, 5.41) is 0. The van der Waals surface area contributed by atoms with Crippen molar-refractivity contribution < 1.29 is 0 Å². The van der Waals surface area contributed by atoms with Crippen LogP contribution in [0.2, 0.25) is 0 Å². The van der Waals surface area contributed by atoms with Crippen LogP contribution in [0.3, 0.4) is 0 Å². The summed E-state index contributed by atoms with van der Waals surface area (Å²) >= 11 is 0. The van der Waals surface area contributed by atoms with Gasteiger partial charge < -0.3 is 0 Å². The Morgan fingerprint density at radius 1 is 1.20 bits per heavy atom. The van der Waals surface area contributed by atoms with Crippen LogP contribution >= 0.6 is 0 Å². The molecule has 3 aliphatic rings. The molecule has 0 heteroatoms. The van der Waals surface area contributed by atoms with Gasteiger partial charge in [-0.3, -0.25) is 0 Å². The highest BCUT2D eigenvalue weighted by Crippen LogP contribution is 2.77. The molecule has 3 atom stereocenters. The van der Waals surface area contributed by atoms with Gasteiger partial charge in [-0.25, -0.2) is 0 Å². The fourth-order valence-corrected chi connectivity index (χ4v) is 5.90. The Kier molecular flexibility index (Phi) is 1.67. The van der Waals surface area contributed by atoms with Crippen molar-refractivity contribution in [3.8, 4) is 0 Å². The SMILES string of the molecule is CC1=CC(C)(C)[C@@]23CCC[C@@]12[C@H](C)CC3. The van der Waals surface area contributed by atoms with Gasteiger partial charge in [0.1, 0.15) is 0 Å². The molecule has 0 aromatic rings. The third-order valence-electron chi connectivity index (χ3n) is 6.39. The van der Waals surface area contributed by atoms with Crippen molar-refractivity contribution in [3.63, 3.8) is 0 Å². The molecule has 3 aliphatic carbocycles. The van der Waals surface area contributed by atoms with E-state index < -0.39 is 0 Å². The molecule has 0 aliphatic heterocycles. The van der Waals surface area contributed by atoms with Gasteiger partial charge >= 0.3 is 0 Å². The lowest BCUT2D eigenvalue weighted by Crippen LogP contribution is -2.41. The summed E-state index contributed by atoms with van der Waals surface area (Å²) in [7, 11) is 0. The second-order valence-corrected chi connectivity index (χ2v) is 6.90. The van der Waals surface area contributed by atoms with Gasteiger partial charge in [-0.2, -0.15) is 0 Å². The van der Waals surface area contributed by atoms with Crippen LogP contribution in [0, 0.1) is 22.2 Å². The molecule has 0 radical (unpaired) electrons.